The number of methoxy groups -OCH3 is 2. The van der Waals surface area contributed by atoms with E-state index in [0.29, 0.717) is 28.9 Å². The fraction of sp³-hybridized carbons (Fsp3) is 0.241. The third kappa shape index (κ3) is 3.81. The summed E-state index contributed by atoms with van der Waals surface area (Å²) in [6, 6.07) is 14.4. The Morgan fingerprint density at radius 3 is 2.39 bits per heavy atom. The van der Waals surface area contributed by atoms with Gasteiger partial charge in [0.15, 0.2) is 16.9 Å². The molecule has 3 aromatic carbocycles. The standard InChI is InChI=1S/C29H26FNO5/c1-16-13-20-23(14-17(16)2)36-28-25(27(20)32)26(19-7-5-6-8-21(19)30)31(29(28)33)12-11-18-9-10-22(34-3)24(15-18)35-4/h5-10,13-15,26H,11-12H2,1-4H3/t26-/m0/s1. The lowest BCUT2D eigenvalue weighted by Gasteiger charge is -2.25. The fourth-order valence-corrected chi connectivity index (χ4v) is 4.81. The van der Waals surface area contributed by atoms with E-state index in [0.717, 1.165) is 16.7 Å². The molecule has 36 heavy (non-hydrogen) atoms. The quantitative estimate of drug-likeness (QED) is 0.367. The molecule has 0 fully saturated rings. The average Bonchev–Trinajstić information content (AvgIpc) is 3.15. The van der Waals surface area contributed by atoms with Crippen molar-refractivity contribution in [1.29, 1.82) is 0 Å². The van der Waals surface area contributed by atoms with Gasteiger partial charge in [-0.25, -0.2) is 4.39 Å². The first-order valence-corrected chi connectivity index (χ1v) is 11.7. The van der Waals surface area contributed by atoms with Crippen LogP contribution in [0.25, 0.3) is 11.0 Å². The smallest absolute Gasteiger partial charge is 0.290 e. The van der Waals surface area contributed by atoms with Crippen LogP contribution in [-0.2, 0) is 6.42 Å². The number of amides is 1. The minimum absolute atomic E-state index is 0.0312. The van der Waals surface area contributed by atoms with E-state index in [-0.39, 0.29) is 28.9 Å². The van der Waals surface area contributed by atoms with Gasteiger partial charge in [0.1, 0.15) is 11.4 Å². The Morgan fingerprint density at radius 1 is 0.944 bits per heavy atom. The molecule has 1 aromatic heterocycles. The molecule has 7 heteroatoms. The number of ether oxygens (including phenoxy) is 2. The van der Waals surface area contributed by atoms with Crippen LogP contribution in [0.2, 0.25) is 0 Å². The topological polar surface area (TPSA) is 69.0 Å². The zero-order valence-electron chi connectivity index (χ0n) is 20.6. The first-order chi connectivity index (χ1) is 17.3. The normalized spacial score (nSPS) is 14.9. The molecule has 184 valence electrons. The van der Waals surface area contributed by atoms with Crippen LogP contribution in [0.4, 0.5) is 4.39 Å². The van der Waals surface area contributed by atoms with Gasteiger partial charge in [0.2, 0.25) is 5.76 Å². The van der Waals surface area contributed by atoms with E-state index in [1.807, 2.05) is 26.0 Å². The predicted molar refractivity (Wildman–Crippen MR) is 134 cm³/mol. The monoisotopic (exact) mass is 487 g/mol. The molecule has 1 atom stereocenters. The van der Waals surface area contributed by atoms with Crippen LogP contribution < -0.4 is 14.9 Å². The van der Waals surface area contributed by atoms with Crippen molar-refractivity contribution < 1.29 is 23.1 Å². The molecular weight excluding hydrogens is 461 g/mol. The van der Waals surface area contributed by atoms with E-state index >= 15 is 4.39 Å². The summed E-state index contributed by atoms with van der Waals surface area (Å²) in [5.74, 6) is 0.221. The lowest BCUT2D eigenvalue weighted by Crippen LogP contribution is -2.32. The zero-order valence-corrected chi connectivity index (χ0v) is 20.6. The van der Waals surface area contributed by atoms with E-state index in [1.54, 1.807) is 50.6 Å². The second kappa shape index (κ2) is 9.15. The summed E-state index contributed by atoms with van der Waals surface area (Å²) in [6.07, 6.45) is 0.455. The third-order valence-electron chi connectivity index (χ3n) is 6.87. The van der Waals surface area contributed by atoms with Gasteiger partial charge < -0.3 is 18.8 Å². The molecule has 0 radical (unpaired) electrons. The minimum atomic E-state index is -0.892. The number of fused-ring (bicyclic) bond motifs is 2. The van der Waals surface area contributed by atoms with E-state index in [4.69, 9.17) is 13.9 Å². The summed E-state index contributed by atoms with van der Waals surface area (Å²) in [5.41, 5.74) is 3.26. The zero-order chi connectivity index (χ0) is 25.6. The van der Waals surface area contributed by atoms with Crippen LogP contribution >= 0.6 is 0 Å². The molecular formula is C29H26FNO5. The lowest BCUT2D eigenvalue weighted by molar-refractivity contribution is 0.0728. The molecule has 2 heterocycles. The fourth-order valence-electron chi connectivity index (χ4n) is 4.81. The molecule has 1 aliphatic heterocycles. The lowest BCUT2D eigenvalue weighted by atomic mass is 9.97. The van der Waals surface area contributed by atoms with Gasteiger partial charge in [-0.15, -0.1) is 0 Å². The van der Waals surface area contributed by atoms with Crippen LogP contribution in [0, 0.1) is 19.7 Å². The summed E-state index contributed by atoms with van der Waals surface area (Å²) in [7, 11) is 3.12. The van der Waals surface area contributed by atoms with Crippen molar-refractivity contribution in [2.24, 2.45) is 0 Å². The number of rotatable bonds is 6. The molecule has 0 N–H and O–H groups in total. The Bertz CT molecular complexity index is 1560. The van der Waals surface area contributed by atoms with Gasteiger partial charge in [0, 0.05) is 12.1 Å². The van der Waals surface area contributed by atoms with Crippen LogP contribution in [0.3, 0.4) is 0 Å². The van der Waals surface area contributed by atoms with Gasteiger partial charge in [-0.3, -0.25) is 9.59 Å². The van der Waals surface area contributed by atoms with Crippen molar-refractivity contribution in [1.82, 2.24) is 4.90 Å². The van der Waals surface area contributed by atoms with Crippen LogP contribution in [0.1, 0.15) is 44.4 Å². The van der Waals surface area contributed by atoms with Gasteiger partial charge >= 0.3 is 0 Å². The third-order valence-corrected chi connectivity index (χ3v) is 6.87. The van der Waals surface area contributed by atoms with Crippen molar-refractivity contribution in [2.45, 2.75) is 26.3 Å². The van der Waals surface area contributed by atoms with Crippen molar-refractivity contribution in [3.05, 3.63) is 104 Å². The summed E-state index contributed by atoms with van der Waals surface area (Å²) < 4.78 is 31.8. The average molecular weight is 488 g/mol. The van der Waals surface area contributed by atoms with Crippen molar-refractivity contribution in [3.63, 3.8) is 0 Å². The number of hydrogen-bond donors (Lipinski definition) is 0. The first kappa shape index (κ1) is 23.6. The van der Waals surface area contributed by atoms with Gasteiger partial charge in [-0.05, 0) is 67.3 Å². The van der Waals surface area contributed by atoms with Crippen LogP contribution in [-0.4, -0.2) is 31.6 Å². The second-order valence-corrected chi connectivity index (χ2v) is 8.97. The SMILES string of the molecule is COc1ccc(CCN2C(=O)c3oc4cc(C)c(C)cc4c(=O)c3[C@@H]2c2ccccc2F)cc1OC. The molecule has 0 saturated carbocycles. The Balaban J connectivity index is 1.62. The van der Waals surface area contributed by atoms with Crippen LogP contribution in [0.5, 0.6) is 11.5 Å². The Kier molecular flexibility index (Phi) is 6.00. The first-order valence-electron chi connectivity index (χ1n) is 11.7. The Morgan fingerprint density at radius 2 is 1.67 bits per heavy atom. The van der Waals surface area contributed by atoms with E-state index in [1.165, 1.54) is 11.0 Å². The maximum absolute atomic E-state index is 15.0. The maximum Gasteiger partial charge on any atom is 0.290 e. The van der Waals surface area contributed by atoms with Crippen LogP contribution in [0.15, 0.2) is 63.8 Å². The van der Waals surface area contributed by atoms with E-state index in [2.05, 4.69) is 0 Å². The molecule has 1 aliphatic rings. The van der Waals surface area contributed by atoms with Crippen molar-refractivity contribution in [3.8, 4) is 11.5 Å². The summed E-state index contributed by atoms with van der Waals surface area (Å²) in [5, 5.41) is 0.382. The summed E-state index contributed by atoms with van der Waals surface area (Å²) >= 11 is 0. The molecule has 0 spiro atoms. The predicted octanol–water partition coefficient (Wildman–Crippen LogP) is 5.35. The molecule has 5 rings (SSSR count). The molecule has 0 aliphatic carbocycles. The largest absolute Gasteiger partial charge is 0.493 e. The highest BCUT2D eigenvalue weighted by molar-refractivity contribution is 5.99. The molecule has 0 bridgehead atoms. The van der Waals surface area contributed by atoms with Crippen molar-refractivity contribution in [2.75, 3.05) is 20.8 Å². The number of hydrogen-bond acceptors (Lipinski definition) is 5. The molecule has 6 nitrogen and oxygen atoms in total. The number of nitrogens with zero attached hydrogens (tertiary/aromatic N) is 1. The summed E-state index contributed by atoms with van der Waals surface area (Å²) in [6.45, 7) is 4.07. The molecule has 0 saturated heterocycles. The highest BCUT2D eigenvalue weighted by Crippen LogP contribution is 2.39. The van der Waals surface area contributed by atoms with Gasteiger partial charge in [0.05, 0.1) is 31.2 Å². The maximum atomic E-state index is 15.0. The highest BCUT2D eigenvalue weighted by Gasteiger charge is 2.43. The van der Waals surface area contributed by atoms with Gasteiger partial charge in [-0.2, -0.15) is 0 Å². The Hall–Kier alpha value is -4.13. The minimum Gasteiger partial charge on any atom is -0.493 e. The van der Waals surface area contributed by atoms with Crippen molar-refractivity contribution >= 4 is 16.9 Å². The van der Waals surface area contributed by atoms with Gasteiger partial charge in [-0.1, -0.05) is 24.3 Å². The summed E-state index contributed by atoms with van der Waals surface area (Å²) in [4.78, 5) is 28.8. The van der Waals surface area contributed by atoms with E-state index in [9.17, 15) is 9.59 Å². The number of benzene rings is 3. The molecule has 1 amide bonds. The number of aryl methyl sites for hydroxylation is 2. The molecule has 4 aromatic rings. The van der Waals surface area contributed by atoms with E-state index < -0.39 is 17.8 Å². The van der Waals surface area contributed by atoms with Gasteiger partial charge in [0.25, 0.3) is 5.91 Å². The Labute approximate surface area is 207 Å². The second-order valence-electron chi connectivity index (χ2n) is 8.97. The number of carbonyl (C=O) groups is 1. The highest BCUT2D eigenvalue weighted by atomic mass is 19.1. The number of halogens is 1. The molecule has 0 unspecified atom stereocenters. The number of carbonyl (C=O) groups excluding carboxylic acids is 1.